The third-order valence-corrected chi connectivity index (χ3v) is 4.91. The normalized spacial score (nSPS) is 13.7. The van der Waals surface area contributed by atoms with Crippen molar-refractivity contribution in [3.05, 3.63) is 53.6 Å². The highest BCUT2D eigenvalue weighted by atomic mass is 16.5. The third-order valence-electron chi connectivity index (χ3n) is 4.91. The van der Waals surface area contributed by atoms with Crippen LogP contribution in [0.5, 0.6) is 11.5 Å². The van der Waals surface area contributed by atoms with E-state index in [0.29, 0.717) is 25.2 Å². The van der Waals surface area contributed by atoms with E-state index in [1.807, 2.05) is 18.2 Å². The fourth-order valence-corrected chi connectivity index (χ4v) is 3.39. The van der Waals surface area contributed by atoms with Gasteiger partial charge < -0.3 is 24.4 Å². The zero-order chi connectivity index (χ0) is 20.3. The Hall–Kier alpha value is -2.75. The number of unbranched alkanes of at least 4 members (excludes halogenated alkanes) is 1. The molecule has 1 aliphatic heterocycles. The molecule has 3 rings (SSSR count). The number of nitrogens with one attached hydrogen (secondary N) is 1. The Morgan fingerprint density at radius 1 is 1.10 bits per heavy atom. The Labute approximate surface area is 173 Å². The molecule has 1 fully saturated rings. The van der Waals surface area contributed by atoms with Gasteiger partial charge in [-0.1, -0.05) is 24.3 Å². The number of rotatable bonds is 10. The fraction of sp³-hybridized carbons (Fsp3) is 0.435. The molecule has 2 aromatic rings. The predicted molar refractivity (Wildman–Crippen MR) is 113 cm³/mol. The van der Waals surface area contributed by atoms with Crippen molar-refractivity contribution < 1.29 is 14.2 Å². The third kappa shape index (κ3) is 6.11. The summed E-state index contributed by atoms with van der Waals surface area (Å²) in [5.41, 5.74) is 3.69. The molecule has 0 amide bonds. The topological polar surface area (TPSA) is 66.8 Å². The first kappa shape index (κ1) is 21.0. The molecule has 1 heterocycles. The molecule has 0 saturated carbocycles. The fourth-order valence-electron chi connectivity index (χ4n) is 3.39. The molecule has 1 saturated heterocycles. The lowest BCUT2D eigenvalue weighted by Gasteiger charge is -2.30. The first-order valence-corrected chi connectivity index (χ1v) is 10.1. The summed E-state index contributed by atoms with van der Waals surface area (Å²) < 4.78 is 16.7. The van der Waals surface area contributed by atoms with Gasteiger partial charge in [0, 0.05) is 38.3 Å². The first-order valence-electron chi connectivity index (χ1n) is 10.1. The quantitative estimate of drug-likeness (QED) is 0.621. The van der Waals surface area contributed by atoms with Crippen LogP contribution in [0.4, 0.5) is 5.69 Å². The first-order chi connectivity index (χ1) is 14.3. The van der Waals surface area contributed by atoms with E-state index in [4.69, 9.17) is 19.5 Å². The standard InChI is InChI=1S/C23H29N3O3/c1-27-22-9-8-19(16-23(22)29-13-5-4-10-24)17-25-18-20-6-2-3-7-21(20)26-11-14-28-15-12-26/h2-3,6-9,16,25H,4-5,11-15,17-18H2,1H3. The number of para-hydroxylation sites is 1. The molecule has 0 aliphatic carbocycles. The molecule has 0 aromatic heterocycles. The number of nitrogens with zero attached hydrogens (tertiary/aromatic N) is 2. The zero-order valence-corrected chi connectivity index (χ0v) is 17.0. The number of hydrogen-bond donors (Lipinski definition) is 1. The van der Waals surface area contributed by atoms with Gasteiger partial charge in [-0.3, -0.25) is 0 Å². The van der Waals surface area contributed by atoms with Crippen LogP contribution in [-0.2, 0) is 17.8 Å². The summed E-state index contributed by atoms with van der Waals surface area (Å²) in [6.07, 6.45) is 1.20. The summed E-state index contributed by atoms with van der Waals surface area (Å²) in [6.45, 7) is 5.46. The highest BCUT2D eigenvalue weighted by molar-refractivity contribution is 5.54. The maximum absolute atomic E-state index is 8.65. The van der Waals surface area contributed by atoms with Gasteiger partial charge >= 0.3 is 0 Å². The van der Waals surface area contributed by atoms with E-state index in [1.54, 1.807) is 7.11 Å². The Morgan fingerprint density at radius 3 is 2.72 bits per heavy atom. The van der Waals surface area contributed by atoms with Crippen LogP contribution in [0.2, 0.25) is 0 Å². The minimum absolute atomic E-state index is 0.492. The lowest BCUT2D eigenvalue weighted by atomic mass is 10.1. The van der Waals surface area contributed by atoms with Crippen LogP contribution in [-0.4, -0.2) is 40.0 Å². The largest absolute Gasteiger partial charge is 0.493 e. The van der Waals surface area contributed by atoms with Gasteiger partial charge in [0.15, 0.2) is 11.5 Å². The monoisotopic (exact) mass is 395 g/mol. The summed E-state index contributed by atoms with van der Waals surface area (Å²) in [6, 6.07) is 16.6. The highest BCUT2D eigenvalue weighted by Gasteiger charge is 2.14. The Bertz CT molecular complexity index is 813. The number of hydrogen-bond acceptors (Lipinski definition) is 6. The van der Waals surface area contributed by atoms with Crippen molar-refractivity contribution in [1.29, 1.82) is 5.26 Å². The molecule has 6 nitrogen and oxygen atoms in total. The smallest absolute Gasteiger partial charge is 0.161 e. The summed E-state index contributed by atoms with van der Waals surface area (Å²) in [5, 5.41) is 12.2. The number of anilines is 1. The Balaban J connectivity index is 1.58. The minimum atomic E-state index is 0.492. The lowest BCUT2D eigenvalue weighted by Crippen LogP contribution is -2.37. The van der Waals surface area contributed by atoms with E-state index >= 15 is 0 Å². The van der Waals surface area contributed by atoms with E-state index in [2.05, 4.69) is 40.6 Å². The van der Waals surface area contributed by atoms with E-state index in [-0.39, 0.29) is 0 Å². The van der Waals surface area contributed by atoms with Gasteiger partial charge in [-0.15, -0.1) is 0 Å². The predicted octanol–water partition coefficient (Wildman–Crippen LogP) is 3.50. The lowest BCUT2D eigenvalue weighted by molar-refractivity contribution is 0.122. The van der Waals surface area contributed by atoms with Crippen LogP contribution in [0.15, 0.2) is 42.5 Å². The van der Waals surface area contributed by atoms with Crippen molar-refractivity contribution in [2.24, 2.45) is 0 Å². The molecular weight excluding hydrogens is 366 g/mol. The van der Waals surface area contributed by atoms with Gasteiger partial charge in [0.1, 0.15) is 0 Å². The summed E-state index contributed by atoms with van der Waals surface area (Å²) in [5.74, 6) is 1.43. The van der Waals surface area contributed by atoms with Gasteiger partial charge in [0.2, 0.25) is 0 Å². The molecule has 0 bridgehead atoms. The van der Waals surface area contributed by atoms with Crippen LogP contribution < -0.4 is 19.7 Å². The van der Waals surface area contributed by atoms with Crippen LogP contribution in [0.3, 0.4) is 0 Å². The summed E-state index contributed by atoms with van der Waals surface area (Å²) >= 11 is 0. The van der Waals surface area contributed by atoms with Crippen molar-refractivity contribution >= 4 is 5.69 Å². The van der Waals surface area contributed by atoms with Crippen molar-refractivity contribution in [2.45, 2.75) is 25.9 Å². The molecular formula is C23H29N3O3. The number of nitriles is 1. The Kier molecular flexibility index (Phi) is 8.17. The second-order valence-electron chi connectivity index (χ2n) is 6.93. The van der Waals surface area contributed by atoms with E-state index < -0.39 is 0 Å². The summed E-state index contributed by atoms with van der Waals surface area (Å²) in [7, 11) is 1.64. The second-order valence-corrected chi connectivity index (χ2v) is 6.93. The number of morpholine rings is 1. The van der Waals surface area contributed by atoms with Gasteiger partial charge in [-0.2, -0.15) is 5.26 Å². The number of ether oxygens (including phenoxy) is 3. The SMILES string of the molecule is COc1ccc(CNCc2ccccc2N2CCOCC2)cc1OCCCC#N. The van der Waals surface area contributed by atoms with Gasteiger partial charge in [-0.25, -0.2) is 0 Å². The average molecular weight is 396 g/mol. The van der Waals surface area contributed by atoms with Crippen LogP contribution >= 0.6 is 0 Å². The number of methoxy groups -OCH3 is 1. The molecule has 0 unspecified atom stereocenters. The van der Waals surface area contributed by atoms with Crippen LogP contribution in [0, 0.1) is 11.3 Å². The van der Waals surface area contributed by atoms with Gasteiger partial charge in [0.05, 0.1) is 33.0 Å². The zero-order valence-electron chi connectivity index (χ0n) is 17.0. The second kappa shape index (κ2) is 11.3. The molecule has 0 radical (unpaired) electrons. The molecule has 0 atom stereocenters. The highest BCUT2D eigenvalue weighted by Crippen LogP contribution is 2.28. The Morgan fingerprint density at radius 2 is 1.93 bits per heavy atom. The molecule has 6 heteroatoms. The van der Waals surface area contributed by atoms with E-state index in [0.717, 1.165) is 50.7 Å². The molecule has 154 valence electrons. The van der Waals surface area contributed by atoms with Crippen molar-refractivity contribution in [3.63, 3.8) is 0 Å². The molecule has 29 heavy (non-hydrogen) atoms. The van der Waals surface area contributed by atoms with Gasteiger partial charge in [0.25, 0.3) is 0 Å². The number of benzene rings is 2. The van der Waals surface area contributed by atoms with Crippen molar-refractivity contribution in [1.82, 2.24) is 5.32 Å². The van der Waals surface area contributed by atoms with Crippen LogP contribution in [0.25, 0.3) is 0 Å². The minimum Gasteiger partial charge on any atom is -0.493 e. The molecule has 1 aliphatic rings. The molecule has 1 N–H and O–H groups in total. The van der Waals surface area contributed by atoms with Gasteiger partial charge in [-0.05, 0) is 35.7 Å². The maximum atomic E-state index is 8.65. The van der Waals surface area contributed by atoms with Crippen molar-refractivity contribution in [2.75, 3.05) is 44.9 Å². The maximum Gasteiger partial charge on any atom is 0.161 e. The van der Waals surface area contributed by atoms with Crippen LogP contribution in [0.1, 0.15) is 24.0 Å². The molecule has 0 spiro atoms. The molecule has 2 aromatic carbocycles. The average Bonchev–Trinajstić information content (AvgIpc) is 2.78. The van der Waals surface area contributed by atoms with E-state index in [9.17, 15) is 0 Å². The van der Waals surface area contributed by atoms with Crippen molar-refractivity contribution in [3.8, 4) is 17.6 Å². The van der Waals surface area contributed by atoms with E-state index in [1.165, 1.54) is 11.3 Å². The summed E-state index contributed by atoms with van der Waals surface area (Å²) in [4.78, 5) is 2.39.